The number of hydrogen-bond acceptors (Lipinski definition) is 2. The third-order valence-electron chi connectivity index (χ3n) is 3.52. The first-order chi connectivity index (χ1) is 9.79. The molecule has 0 saturated heterocycles. The summed E-state index contributed by atoms with van der Waals surface area (Å²) in [4.78, 5) is 2.59. The Kier molecular flexibility index (Phi) is 6.16. The van der Waals surface area contributed by atoms with Gasteiger partial charge in [0.1, 0.15) is 0 Å². The van der Waals surface area contributed by atoms with Crippen molar-refractivity contribution in [3.63, 3.8) is 0 Å². The first-order valence-corrected chi connectivity index (χ1v) is 8.14. The maximum atomic E-state index is 5.54. The maximum Gasteiger partial charge on any atom is 0.0122 e. The summed E-state index contributed by atoms with van der Waals surface area (Å²) in [7, 11) is 0. The van der Waals surface area contributed by atoms with Crippen molar-refractivity contribution in [3.05, 3.63) is 60.2 Å². The van der Waals surface area contributed by atoms with Gasteiger partial charge < -0.3 is 5.73 Å². The van der Waals surface area contributed by atoms with Crippen LogP contribution in [0.3, 0.4) is 0 Å². The predicted molar refractivity (Wildman–Crippen MR) is 88.3 cm³/mol. The minimum atomic E-state index is 0.623. The number of hydrogen-bond donors (Lipinski definition) is 1. The van der Waals surface area contributed by atoms with Gasteiger partial charge in [0.2, 0.25) is 0 Å². The Bertz CT molecular complexity index is 493. The van der Waals surface area contributed by atoms with Gasteiger partial charge in [0, 0.05) is 9.79 Å². The molecule has 2 rings (SSSR count). The summed E-state index contributed by atoms with van der Waals surface area (Å²) in [5, 5.41) is 0. The molecule has 0 aromatic heterocycles. The van der Waals surface area contributed by atoms with Gasteiger partial charge in [-0.05, 0) is 55.1 Å². The molecule has 0 aliphatic rings. The lowest BCUT2D eigenvalue weighted by atomic mass is 9.95. The average molecular weight is 285 g/mol. The lowest BCUT2D eigenvalue weighted by molar-refractivity contribution is 0.609. The van der Waals surface area contributed by atoms with E-state index in [-0.39, 0.29) is 0 Å². The molecule has 1 nitrogen and oxygen atoms in total. The van der Waals surface area contributed by atoms with Crippen LogP contribution in [0.4, 0.5) is 0 Å². The summed E-state index contributed by atoms with van der Waals surface area (Å²) in [5.74, 6) is 0.623. The molecular weight excluding hydrogens is 262 g/mol. The van der Waals surface area contributed by atoms with Gasteiger partial charge >= 0.3 is 0 Å². The van der Waals surface area contributed by atoms with E-state index in [1.165, 1.54) is 28.2 Å². The highest BCUT2D eigenvalue weighted by Crippen LogP contribution is 2.29. The van der Waals surface area contributed by atoms with Crippen LogP contribution in [-0.2, 0) is 0 Å². The van der Waals surface area contributed by atoms with E-state index >= 15 is 0 Å². The zero-order valence-electron chi connectivity index (χ0n) is 12.1. The molecule has 0 radical (unpaired) electrons. The molecule has 1 unspecified atom stereocenters. The Morgan fingerprint density at radius 3 is 2.20 bits per heavy atom. The smallest absolute Gasteiger partial charge is 0.0122 e. The monoisotopic (exact) mass is 285 g/mol. The van der Waals surface area contributed by atoms with E-state index in [4.69, 9.17) is 5.73 Å². The van der Waals surface area contributed by atoms with Crippen molar-refractivity contribution in [1.29, 1.82) is 0 Å². The Morgan fingerprint density at radius 2 is 1.55 bits per heavy atom. The maximum absolute atomic E-state index is 5.54. The van der Waals surface area contributed by atoms with Crippen LogP contribution in [0.15, 0.2) is 64.4 Å². The molecule has 2 aromatic rings. The fourth-order valence-corrected chi connectivity index (χ4v) is 3.09. The second-order valence-electron chi connectivity index (χ2n) is 5.17. The van der Waals surface area contributed by atoms with Crippen molar-refractivity contribution in [2.24, 2.45) is 5.73 Å². The average Bonchev–Trinajstić information content (AvgIpc) is 2.49. The predicted octanol–water partition coefficient (Wildman–Crippen LogP) is 5.07. The highest BCUT2D eigenvalue weighted by molar-refractivity contribution is 7.99. The highest BCUT2D eigenvalue weighted by atomic mass is 32.2. The lowest BCUT2D eigenvalue weighted by Crippen LogP contribution is -2.00. The molecule has 0 fully saturated rings. The molecule has 20 heavy (non-hydrogen) atoms. The van der Waals surface area contributed by atoms with E-state index in [1.54, 1.807) is 0 Å². The van der Waals surface area contributed by atoms with Crippen LogP contribution in [-0.4, -0.2) is 6.54 Å². The highest BCUT2D eigenvalue weighted by Gasteiger charge is 2.05. The molecule has 0 heterocycles. The summed E-state index contributed by atoms with van der Waals surface area (Å²) in [5.41, 5.74) is 6.97. The molecule has 1 atom stereocenters. The van der Waals surface area contributed by atoms with Crippen LogP contribution < -0.4 is 5.73 Å². The summed E-state index contributed by atoms with van der Waals surface area (Å²) < 4.78 is 0. The molecule has 0 saturated carbocycles. The van der Waals surface area contributed by atoms with Crippen LogP contribution in [0.25, 0.3) is 0 Å². The minimum Gasteiger partial charge on any atom is -0.330 e. The fourth-order valence-electron chi connectivity index (χ4n) is 2.25. The van der Waals surface area contributed by atoms with Crippen LogP contribution in [0.1, 0.15) is 37.7 Å². The molecule has 0 amide bonds. The molecule has 2 heteroatoms. The van der Waals surface area contributed by atoms with Gasteiger partial charge in [-0.3, -0.25) is 0 Å². The molecule has 2 aromatic carbocycles. The van der Waals surface area contributed by atoms with Crippen LogP contribution in [0.5, 0.6) is 0 Å². The number of unbranched alkanes of at least 4 members (excludes halogenated alkanes) is 1. The molecule has 0 bridgehead atoms. The molecule has 2 N–H and O–H groups in total. The first-order valence-electron chi connectivity index (χ1n) is 7.32. The molecular formula is C18H23NS. The van der Waals surface area contributed by atoms with Gasteiger partial charge in [0.25, 0.3) is 0 Å². The van der Waals surface area contributed by atoms with Gasteiger partial charge in [-0.2, -0.15) is 0 Å². The van der Waals surface area contributed by atoms with Crippen molar-refractivity contribution < 1.29 is 0 Å². The Labute approximate surface area is 126 Å². The Hall–Kier alpha value is -1.25. The number of nitrogens with two attached hydrogens (primary N) is 1. The SMILES string of the molecule is CC(CCCCN)c1ccc(Sc2ccccc2)cc1. The van der Waals surface area contributed by atoms with E-state index in [2.05, 4.69) is 61.5 Å². The zero-order chi connectivity index (χ0) is 14.2. The summed E-state index contributed by atoms with van der Waals surface area (Å²) in [6.07, 6.45) is 3.58. The molecule has 0 aliphatic heterocycles. The normalized spacial score (nSPS) is 12.3. The largest absolute Gasteiger partial charge is 0.330 e. The van der Waals surface area contributed by atoms with Gasteiger partial charge in [-0.1, -0.05) is 55.4 Å². The molecule has 106 valence electrons. The zero-order valence-corrected chi connectivity index (χ0v) is 12.9. The van der Waals surface area contributed by atoms with E-state index in [0.29, 0.717) is 5.92 Å². The van der Waals surface area contributed by atoms with Crippen molar-refractivity contribution in [2.45, 2.75) is 41.9 Å². The van der Waals surface area contributed by atoms with Crippen molar-refractivity contribution in [2.75, 3.05) is 6.54 Å². The number of benzene rings is 2. The van der Waals surface area contributed by atoms with Crippen LogP contribution in [0.2, 0.25) is 0 Å². The van der Waals surface area contributed by atoms with Gasteiger partial charge in [0.05, 0.1) is 0 Å². The second-order valence-corrected chi connectivity index (χ2v) is 6.32. The second kappa shape index (κ2) is 8.13. The van der Waals surface area contributed by atoms with Gasteiger partial charge in [-0.25, -0.2) is 0 Å². The van der Waals surface area contributed by atoms with Gasteiger partial charge in [0.15, 0.2) is 0 Å². The van der Waals surface area contributed by atoms with Crippen LogP contribution >= 0.6 is 11.8 Å². The molecule has 0 spiro atoms. The Balaban J connectivity index is 1.92. The quantitative estimate of drug-likeness (QED) is 0.719. The van der Waals surface area contributed by atoms with E-state index < -0.39 is 0 Å². The summed E-state index contributed by atoms with van der Waals surface area (Å²) in [6.45, 7) is 3.11. The van der Waals surface area contributed by atoms with Crippen molar-refractivity contribution >= 4 is 11.8 Å². The van der Waals surface area contributed by atoms with Crippen LogP contribution in [0, 0.1) is 0 Å². The minimum absolute atomic E-state index is 0.623. The lowest BCUT2D eigenvalue weighted by Gasteiger charge is -2.12. The van der Waals surface area contributed by atoms with E-state index in [0.717, 1.165) is 13.0 Å². The summed E-state index contributed by atoms with van der Waals surface area (Å²) >= 11 is 1.81. The Morgan fingerprint density at radius 1 is 0.900 bits per heavy atom. The third kappa shape index (κ3) is 4.69. The molecule has 0 aliphatic carbocycles. The number of rotatable bonds is 7. The third-order valence-corrected chi connectivity index (χ3v) is 4.54. The van der Waals surface area contributed by atoms with Crippen molar-refractivity contribution in [1.82, 2.24) is 0 Å². The summed E-state index contributed by atoms with van der Waals surface area (Å²) in [6, 6.07) is 19.5. The van der Waals surface area contributed by atoms with Crippen molar-refractivity contribution in [3.8, 4) is 0 Å². The van der Waals surface area contributed by atoms with Gasteiger partial charge in [-0.15, -0.1) is 0 Å². The van der Waals surface area contributed by atoms with E-state index in [9.17, 15) is 0 Å². The standard InChI is InChI=1S/C18H23NS/c1-15(7-5-6-14-19)16-10-12-18(13-11-16)20-17-8-3-2-4-9-17/h2-4,8-13,15H,5-7,14,19H2,1H3. The topological polar surface area (TPSA) is 26.0 Å². The van der Waals surface area contributed by atoms with E-state index in [1.807, 2.05) is 11.8 Å². The fraction of sp³-hybridized carbons (Fsp3) is 0.333. The first kappa shape index (κ1) is 15.1.